The van der Waals surface area contributed by atoms with Crippen LogP contribution in [-0.2, 0) is 5.41 Å². The molecule has 1 N–H and O–H groups in total. The van der Waals surface area contributed by atoms with Crippen molar-refractivity contribution < 1.29 is 4.79 Å². The Morgan fingerprint density at radius 3 is 2.64 bits per heavy atom. The van der Waals surface area contributed by atoms with Gasteiger partial charge in [0.25, 0.3) is 11.5 Å². The van der Waals surface area contributed by atoms with Crippen LogP contribution in [0.1, 0.15) is 54.2 Å². The van der Waals surface area contributed by atoms with Gasteiger partial charge in [-0.25, -0.2) is 0 Å². The highest BCUT2D eigenvalue weighted by atomic mass is 16.2. The van der Waals surface area contributed by atoms with Crippen molar-refractivity contribution in [2.75, 3.05) is 6.54 Å². The van der Waals surface area contributed by atoms with Crippen molar-refractivity contribution in [3.8, 4) is 6.07 Å². The highest BCUT2D eigenvalue weighted by molar-refractivity contribution is 5.94. The maximum atomic E-state index is 12.8. The van der Waals surface area contributed by atoms with Gasteiger partial charge in [0.1, 0.15) is 5.56 Å². The summed E-state index contributed by atoms with van der Waals surface area (Å²) in [4.78, 5) is 29.0. The lowest BCUT2D eigenvalue weighted by atomic mass is 9.85. The van der Waals surface area contributed by atoms with Gasteiger partial charge in [-0.3, -0.25) is 9.59 Å². The molecule has 0 aliphatic carbocycles. The molecule has 0 radical (unpaired) electrons. The molecule has 1 amide bonds. The normalized spacial score (nSPS) is 17.3. The first kappa shape index (κ1) is 17.0. The fraction of sp³-hybridized carbons (Fsp3) is 0.350. The van der Waals surface area contributed by atoms with Crippen molar-refractivity contribution in [3.05, 3.63) is 69.6 Å². The van der Waals surface area contributed by atoms with Gasteiger partial charge in [-0.1, -0.05) is 24.3 Å². The highest BCUT2D eigenvalue weighted by Gasteiger charge is 2.32. The molecule has 2 aromatic rings. The van der Waals surface area contributed by atoms with Gasteiger partial charge in [0.05, 0.1) is 17.5 Å². The number of aromatic nitrogens is 1. The van der Waals surface area contributed by atoms with Crippen molar-refractivity contribution in [1.82, 2.24) is 9.88 Å². The molecule has 0 unspecified atom stereocenters. The van der Waals surface area contributed by atoms with Crippen molar-refractivity contribution in [2.45, 2.75) is 38.1 Å². The number of aromatic amines is 1. The van der Waals surface area contributed by atoms with Gasteiger partial charge in [0, 0.05) is 12.7 Å². The molecule has 1 aliphatic heterocycles. The summed E-state index contributed by atoms with van der Waals surface area (Å²) in [6.07, 6.45) is 3.31. The van der Waals surface area contributed by atoms with Gasteiger partial charge >= 0.3 is 0 Å². The first-order valence-electron chi connectivity index (χ1n) is 8.44. The number of hydrogen-bond acceptors (Lipinski definition) is 3. The van der Waals surface area contributed by atoms with E-state index in [1.165, 1.54) is 6.20 Å². The molecule has 3 rings (SSSR count). The van der Waals surface area contributed by atoms with Crippen molar-refractivity contribution in [3.63, 3.8) is 0 Å². The van der Waals surface area contributed by atoms with Gasteiger partial charge in [0.15, 0.2) is 0 Å². The summed E-state index contributed by atoms with van der Waals surface area (Å²) in [5, 5.41) is 9.26. The summed E-state index contributed by atoms with van der Waals surface area (Å²) >= 11 is 0. The van der Waals surface area contributed by atoms with Crippen LogP contribution >= 0.6 is 0 Å². The minimum Gasteiger partial charge on any atom is -0.331 e. The Labute approximate surface area is 146 Å². The second-order valence-electron chi connectivity index (χ2n) is 6.93. The Hall–Kier alpha value is -2.87. The van der Waals surface area contributed by atoms with E-state index in [9.17, 15) is 14.9 Å². The summed E-state index contributed by atoms with van der Waals surface area (Å²) in [5.41, 5.74) is 1.27. The average Bonchev–Trinajstić information content (AvgIpc) is 3.11. The number of carbonyl (C=O) groups is 1. The maximum absolute atomic E-state index is 12.8. The molecule has 5 nitrogen and oxygen atoms in total. The van der Waals surface area contributed by atoms with E-state index in [4.69, 9.17) is 0 Å². The van der Waals surface area contributed by atoms with Crippen LogP contribution in [0.25, 0.3) is 0 Å². The number of hydrogen-bond donors (Lipinski definition) is 1. The van der Waals surface area contributed by atoms with Gasteiger partial charge in [0.2, 0.25) is 0 Å². The third-order valence-corrected chi connectivity index (χ3v) is 4.86. The van der Waals surface area contributed by atoms with E-state index < -0.39 is 5.41 Å². The maximum Gasteiger partial charge on any atom is 0.260 e. The number of nitrogens with one attached hydrogen (secondary N) is 1. The number of H-pyrrole nitrogens is 1. The minimum atomic E-state index is -0.541. The number of benzene rings is 1. The van der Waals surface area contributed by atoms with Crippen LogP contribution < -0.4 is 5.56 Å². The van der Waals surface area contributed by atoms with E-state index in [2.05, 4.69) is 11.1 Å². The van der Waals surface area contributed by atoms with Crippen LogP contribution in [0, 0.1) is 11.3 Å². The molecule has 128 valence electrons. The fourth-order valence-corrected chi connectivity index (χ4v) is 3.29. The van der Waals surface area contributed by atoms with E-state index in [0.717, 1.165) is 24.0 Å². The van der Waals surface area contributed by atoms with Crippen LogP contribution in [0.5, 0.6) is 0 Å². The molecule has 1 aromatic heterocycles. The van der Waals surface area contributed by atoms with E-state index in [-0.39, 0.29) is 23.1 Å². The molecule has 1 aromatic carbocycles. The smallest absolute Gasteiger partial charge is 0.260 e. The number of likely N-dealkylation sites (tertiary alicyclic amines) is 1. The molecule has 25 heavy (non-hydrogen) atoms. The largest absolute Gasteiger partial charge is 0.331 e. The molecule has 2 heterocycles. The first-order chi connectivity index (χ1) is 11.9. The quantitative estimate of drug-likeness (QED) is 0.936. The van der Waals surface area contributed by atoms with Crippen LogP contribution in [0.15, 0.2) is 47.4 Å². The molecule has 1 saturated heterocycles. The van der Waals surface area contributed by atoms with E-state index in [0.29, 0.717) is 6.54 Å². The lowest BCUT2D eigenvalue weighted by Gasteiger charge is -2.25. The third kappa shape index (κ3) is 3.20. The first-order valence-corrected chi connectivity index (χ1v) is 8.44. The molecule has 1 fully saturated rings. The fourth-order valence-electron chi connectivity index (χ4n) is 3.29. The number of rotatable bonds is 3. The summed E-state index contributed by atoms with van der Waals surface area (Å²) in [7, 11) is 0. The van der Waals surface area contributed by atoms with E-state index in [1.807, 2.05) is 38.1 Å². The second kappa shape index (κ2) is 6.56. The van der Waals surface area contributed by atoms with Crippen LogP contribution in [-0.4, -0.2) is 22.3 Å². The van der Waals surface area contributed by atoms with Crippen LogP contribution in [0.4, 0.5) is 0 Å². The number of carbonyl (C=O) groups excluding carboxylic acids is 1. The topological polar surface area (TPSA) is 77.0 Å². The van der Waals surface area contributed by atoms with Gasteiger partial charge in [-0.2, -0.15) is 5.26 Å². The van der Waals surface area contributed by atoms with Crippen molar-refractivity contribution in [1.29, 1.82) is 5.26 Å². The Kier molecular flexibility index (Phi) is 4.45. The van der Waals surface area contributed by atoms with Gasteiger partial charge in [-0.15, -0.1) is 0 Å². The minimum absolute atomic E-state index is 0.0358. The van der Waals surface area contributed by atoms with Gasteiger partial charge in [-0.05, 0) is 49.9 Å². The van der Waals surface area contributed by atoms with Crippen LogP contribution in [0.2, 0.25) is 0 Å². The summed E-state index contributed by atoms with van der Waals surface area (Å²) in [6, 6.07) is 13.4. The molecule has 0 spiro atoms. The van der Waals surface area contributed by atoms with Crippen LogP contribution in [0.3, 0.4) is 0 Å². The predicted molar refractivity (Wildman–Crippen MR) is 95.2 cm³/mol. The zero-order valence-corrected chi connectivity index (χ0v) is 14.5. The van der Waals surface area contributed by atoms with Crippen molar-refractivity contribution >= 4 is 5.91 Å². The summed E-state index contributed by atoms with van der Waals surface area (Å²) < 4.78 is 0. The highest BCUT2D eigenvalue weighted by Crippen LogP contribution is 2.34. The molecule has 0 saturated carbocycles. The number of pyridine rings is 1. The number of nitriles is 1. The molecule has 5 heteroatoms. The lowest BCUT2D eigenvalue weighted by Crippen LogP contribution is -2.34. The monoisotopic (exact) mass is 335 g/mol. The zero-order valence-electron chi connectivity index (χ0n) is 14.5. The number of nitrogens with zero attached hydrogens (tertiary/aromatic N) is 2. The Bertz CT molecular complexity index is 875. The average molecular weight is 335 g/mol. The molecule has 1 aliphatic rings. The van der Waals surface area contributed by atoms with E-state index >= 15 is 0 Å². The Balaban J connectivity index is 1.87. The number of amides is 1. The zero-order chi connectivity index (χ0) is 18.0. The molecule has 1 atom stereocenters. The van der Waals surface area contributed by atoms with Crippen molar-refractivity contribution in [2.24, 2.45) is 0 Å². The Morgan fingerprint density at radius 2 is 2.00 bits per heavy atom. The Morgan fingerprint density at radius 1 is 1.28 bits per heavy atom. The molecular formula is C20H21N3O2. The SMILES string of the molecule is CC(C)(C#N)c1ccc([C@H]2CCCN2C(=O)c2ccc[nH]c2=O)cc1. The van der Waals surface area contributed by atoms with E-state index in [1.54, 1.807) is 17.0 Å². The molecule has 0 bridgehead atoms. The lowest BCUT2D eigenvalue weighted by molar-refractivity contribution is 0.0734. The summed E-state index contributed by atoms with van der Waals surface area (Å²) in [5.74, 6) is -0.231. The second-order valence-corrected chi connectivity index (χ2v) is 6.93. The third-order valence-electron chi connectivity index (χ3n) is 4.86. The predicted octanol–water partition coefficient (Wildman–Crippen LogP) is 3.15. The summed E-state index contributed by atoms with van der Waals surface area (Å²) in [6.45, 7) is 4.41. The van der Waals surface area contributed by atoms with Gasteiger partial charge < -0.3 is 9.88 Å². The molecular weight excluding hydrogens is 314 g/mol. The standard InChI is InChI=1S/C20H21N3O2/c1-20(2,13-21)15-9-7-14(8-10-15)17-6-4-12-23(17)19(25)16-5-3-11-22-18(16)24/h3,5,7-11,17H,4,6,12H2,1-2H3,(H,22,24)/t17-/m1/s1.